The molecule has 3 fully saturated rings. The molecule has 0 spiro atoms. The predicted octanol–water partition coefficient (Wildman–Crippen LogP) is 5.56. The average molecular weight is 509 g/mol. The van der Waals surface area contributed by atoms with Gasteiger partial charge in [0.2, 0.25) is 0 Å². The van der Waals surface area contributed by atoms with Crippen LogP contribution >= 0.6 is 0 Å². The molecule has 204 valence electrons. The molecule has 0 radical (unpaired) electrons. The molecule has 3 rings (SSSR count). The number of aliphatic hydroxyl groups is 3. The van der Waals surface area contributed by atoms with Crippen molar-refractivity contribution in [1.82, 2.24) is 0 Å². The molecule has 0 aromatic carbocycles. The van der Waals surface area contributed by atoms with E-state index in [1.165, 1.54) is 17.7 Å². The van der Waals surface area contributed by atoms with Gasteiger partial charge in [0, 0.05) is 5.92 Å². The smallest absolute Gasteiger partial charge is 0.435 e. The van der Waals surface area contributed by atoms with E-state index in [9.17, 15) is 20.1 Å². The second kappa shape index (κ2) is 11.4. The standard InChI is InChI=1S/C29H45FO6/c1-6-35-26(34)36-27(2,3)25(33)13-15-29(5,30)24-12-11-23-20(8-7-14-28(23,24)4)10-9-19-16-21(31)18-22(32)17-19/h9-10,13,15,21-25,31-33H,6-8,11-12,14,16-18H2,1-5H3/b15-13+,20-10+/t21-,22-,23+,24+,25+,28+,29+/m1/s1. The van der Waals surface area contributed by atoms with Crippen molar-refractivity contribution in [3.05, 3.63) is 35.5 Å². The number of aliphatic hydroxyl groups excluding tert-OH is 3. The zero-order chi connectivity index (χ0) is 26.7. The van der Waals surface area contributed by atoms with Gasteiger partial charge in [0.05, 0.1) is 18.8 Å². The van der Waals surface area contributed by atoms with Crippen LogP contribution in [0.3, 0.4) is 0 Å². The normalized spacial score (nSPS) is 34.8. The van der Waals surface area contributed by atoms with Gasteiger partial charge in [-0.15, -0.1) is 0 Å². The van der Waals surface area contributed by atoms with Crippen molar-refractivity contribution < 1.29 is 34.0 Å². The fourth-order valence-corrected chi connectivity index (χ4v) is 6.75. The van der Waals surface area contributed by atoms with Crippen LogP contribution in [0.15, 0.2) is 35.5 Å². The molecule has 6 nitrogen and oxygen atoms in total. The lowest BCUT2D eigenvalue weighted by Gasteiger charge is -2.45. The summed E-state index contributed by atoms with van der Waals surface area (Å²) in [6.45, 7) is 8.75. The monoisotopic (exact) mass is 508 g/mol. The van der Waals surface area contributed by atoms with Crippen LogP contribution in [0.1, 0.15) is 86.0 Å². The third-order valence-electron chi connectivity index (χ3n) is 8.64. The summed E-state index contributed by atoms with van der Waals surface area (Å²) >= 11 is 0. The van der Waals surface area contributed by atoms with E-state index in [1.807, 2.05) is 0 Å². The molecule has 0 bridgehead atoms. The maximum atomic E-state index is 16.2. The van der Waals surface area contributed by atoms with Crippen LogP contribution in [0, 0.1) is 17.3 Å². The van der Waals surface area contributed by atoms with Crippen LogP contribution in [0.25, 0.3) is 0 Å². The number of halogens is 1. The highest BCUT2D eigenvalue weighted by Gasteiger charge is 2.55. The molecular weight excluding hydrogens is 463 g/mol. The van der Waals surface area contributed by atoms with Crippen molar-refractivity contribution in [3.63, 3.8) is 0 Å². The number of fused-ring (bicyclic) bond motifs is 1. The summed E-state index contributed by atoms with van der Waals surface area (Å²) in [4.78, 5) is 11.7. The first kappa shape index (κ1) is 28.9. The number of hydrogen-bond donors (Lipinski definition) is 3. The lowest BCUT2D eigenvalue weighted by atomic mass is 9.60. The van der Waals surface area contributed by atoms with E-state index in [0.717, 1.165) is 37.7 Å². The quantitative estimate of drug-likeness (QED) is 0.308. The Balaban J connectivity index is 1.73. The highest BCUT2D eigenvalue weighted by Crippen LogP contribution is 2.61. The van der Waals surface area contributed by atoms with Gasteiger partial charge in [-0.05, 0) is 96.5 Å². The molecule has 7 atom stereocenters. The third kappa shape index (κ3) is 6.59. The topological polar surface area (TPSA) is 96.2 Å². The Morgan fingerprint density at radius 2 is 1.86 bits per heavy atom. The van der Waals surface area contributed by atoms with Crippen molar-refractivity contribution in [3.8, 4) is 0 Å². The van der Waals surface area contributed by atoms with E-state index >= 15 is 4.39 Å². The molecule has 0 aromatic heterocycles. The molecule has 3 saturated carbocycles. The number of carbonyl (C=O) groups is 1. The number of carbonyl (C=O) groups excluding carboxylic acids is 1. The lowest BCUT2D eigenvalue weighted by molar-refractivity contribution is -0.0661. The first-order valence-corrected chi connectivity index (χ1v) is 13.4. The summed E-state index contributed by atoms with van der Waals surface area (Å²) in [5, 5.41) is 30.6. The minimum absolute atomic E-state index is 0.169. The van der Waals surface area contributed by atoms with E-state index in [2.05, 4.69) is 19.1 Å². The second-order valence-corrected chi connectivity index (χ2v) is 11.9. The summed E-state index contributed by atoms with van der Waals surface area (Å²) in [5.74, 6) is 0.0748. The van der Waals surface area contributed by atoms with Crippen molar-refractivity contribution in [2.45, 2.75) is 116 Å². The molecule has 0 unspecified atom stereocenters. The summed E-state index contributed by atoms with van der Waals surface area (Å²) in [6, 6.07) is 0. The Kier molecular flexibility index (Phi) is 9.11. The first-order valence-electron chi connectivity index (χ1n) is 13.4. The van der Waals surface area contributed by atoms with E-state index in [0.29, 0.717) is 19.3 Å². The fourth-order valence-electron chi connectivity index (χ4n) is 6.75. The van der Waals surface area contributed by atoms with Gasteiger partial charge in [-0.25, -0.2) is 9.18 Å². The van der Waals surface area contributed by atoms with Crippen LogP contribution < -0.4 is 0 Å². The summed E-state index contributed by atoms with van der Waals surface area (Å²) in [6.07, 6.45) is 10.2. The lowest BCUT2D eigenvalue weighted by Crippen LogP contribution is -2.43. The number of rotatable bonds is 7. The van der Waals surface area contributed by atoms with Gasteiger partial charge in [-0.3, -0.25) is 0 Å². The zero-order valence-electron chi connectivity index (χ0n) is 22.5. The molecule has 7 heteroatoms. The van der Waals surface area contributed by atoms with E-state index < -0.39 is 35.7 Å². The van der Waals surface area contributed by atoms with Gasteiger partial charge in [0.25, 0.3) is 0 Å². The largest absolute Gasteiger partial charge is 0.508 e. The van der Waals surface area contributed by atoms with Crippen molar-refractivity contribution >= 4 is 6.16 Å². The minimum Gasteiger partial charge on any atom is -0.435 e. The Morgan fingerprint density at radius 1 is 1.19 bits per heavy atom. The van der Waals surface area contributed by atoms with Crippen molar-refractivity contribution in [2.24, 2.45) is 17.3 Å². The van der Waals surface area contributed by atoms with Gasteiger partial charge in [0.1, 0.15) is 17.4 Å². The molecule has 0 aromatic rings. The first-order chi connectivity index (χ1) is 16.8. The van der Waals surface area contributed by atoms with E-state index in [-0.39, 0.29) is 23.9 Å². The van der Waals surface area contributed by atoms with Gasteiger partial charge >= 0.3 is 6.16 Å². The molecule has 0 amide bonds. The Morgan fingerprint density at radius 3 is 2.50 bits per heavy atom. The number of hydrogen-bond acceptors (Lipinski definition) is 6. The van der Waals surface area contributed by atoms with Crippen LogP contribution in [0.2, 0.25) is 0 Å². The molecule has 3 aliphatic rings. The van der Waals surface area contributed by atoms with Crippen LogP contribution in [-0.4, -0.2) is 57.7 Å². The SMILES string of the molecule is CCOC(=O)OC(C)(C)[C@@H](O)/C=C/[C@](C)(F)[C@H]1CC[C@H]2/C(=C/C=C3C[C@@H](O)C[C@H](O)C3)CCC[C@@]21C. The van der Waals surface area contributed by atoms with Crippen molar-refractivity contribution in [1.29, 1.82) is 0 Å². The molecule has 3 N–H and O–H groups in total. The van der Waals surface area contributed by atoms with Crippen molar-refractivity contribution in [2.75, 3.05) is 6.61 Å². The molecule has 0 saturated heterocycles. The maximum absolute atomic E-state index is 16.2. The highest BCUT2D eigenvalue weighted by molar-refractivity contribution is 5.60. The summed E-state index contributed by atoms with van der Waals surface area (Å²) < 4.78 is 26.2. The maximum Gasteiger partial charge on any atom is 0.508 e. The third-order valence-corrected chi connectivity index (χ3v) is 8.64. The number of ether oxygens (including phenoxy) is 2. The zero-order valence-corrected chi connectivity index (χ0v) is 22.5. The molecular formula is C29H45FO6. The van der Waals surface area contributed by atoms with Gasteiger partial charge in [-0.2, -0.15) is 0 Å². The van der Waals surface area contributed by atoms with Crippen LogP contribution in [0.5, 0.6) is 0 Å². The van der Waals surface area contributed by atoms with E-state index in [1.54, 1.807) is 27.7 Å². The Labute approximate surface area is 215 Å². The highest BCUT2D eigenvalue weighted by atomic mass is 19.1. The van der Waals surface area contributed by atoms with E-state index in [4.69, 9.17) is 9.47 Å². The fraction of sp³-hybridized carbons (Fsp3) is 0.759. The second-order valence-electron chi connectivity index (χ2n) is 11.9. The van der Waals surface area contributed by atoms with Crippen LogP contribution in [0.4, 0.5) is 9.18 Å². The minimum atomic E-state index is -1.64. The molecule has 0 aliphatic heterocycles. The van der Waals surface area contributed by atoms with Gasteiger partial charge in [0.15, 0.2) is 0 Å². The van der Waals surface area contributed by atoms with Gasteiger partial charge in [-0.1, -0.05) is 36.3 Å². The molecule has 3 aliphatic carbocycles. The predicted molar refractivity (Wildman–Crippen MR) is 137 cm³/mol. The molecule has 36 heavy (non-hydrogen) atoms. The van der Waals surface area contributed by atoms with Crippen LogP contribution in [-0.2, 0) is 9.47 Å². The Hall–Kier alpha value is -1.70. The summed E-state index contributed by atoms with van der Waals surface area (Å²) in [7, 11) is 0. The number of allylic oxidation sites excluding steroid dienone is 4. The Bertz CT molecular complexity index is 863. The molecule has 0 heterocycles. The average Bonchev–Trinajstić information content (AvgIpc) is 3.13. The van der Waals surface area contributed by atoms with Gasteiger partial charge < -0.3 is 24.8 Å². The number of alkyl halides is 1. The summed E-state index contributed by atoms with van der Waals surface area (Å²) in [5.41, 5.74) is -0.699.